The highest BCUT2D eigenvalue weighted by Gasteiger charge is 2.18. The summed E-state index contributed by atoms with van der Waals surface area (Å²) in [5.41, 5.74) is 2.02. The fourth-order valence-corrected chi connectivity index (χ4v) is 3.10. The summed E-state index contributed by atoms with van der Waals surface area (Å²) in [5.74, 6) is 1.08. The molecule has 2 aromatic rings. The molecule has 1 heterocycles. The molecular weight excluding hydrogens is 321 g/mol. The number of nitrogens with zero attached hydrogens (tertiary/aromatic N) is 1. The van der Waals surface area contributed by atoms with Crippen LogP contribution in [0.1, 0.15) is 24.0 Å². The summed E-state index contributed by atoms with van der Waals surface area (Å²) < 4.78 is 24.2. The number of aliphatic hydroxyl groups excluding tert-OH is 1. The molecule has 0 radical (unpaired) electrons. The predicted molar refractivity (Wildman–Crippen MR) is 94.2 cm³/mol. The van der Waals surface area contributed by atoms with Gasteiger partial charge < -0.3 is 14.6 Å². The largest absolute Gasteiger partial charge is 0.493 e. The van der Waals surface area contributed by atoms with Gasteiger partial charge in [0.1, 0.15) is 12.4 Å². The maximum atomic E-state index is 12.9. The highest BCUT2D eigenvalue weighted by atomic mass is 19.1. The van der Waals surface area contributed by atoms with Crippen LogP contribution in [0.4, 0.5) is 4.39 Å². The van der Waals surface area contributed by atoms with Gasteiger partial charge in [-0.05, 0) is 54.8 Å². The summed E-state index contributed by atoms with van der Waals surface area (Å²) in [4.78, 5) is 2.25. The molecule has 1 aliphatic heterocycles. The van der Waals surface area contributed by atoms with Crippen LogP contribution in [0.3, 0.4) is 0 Å². The second-order valence-corrected chi connectivity index (χ2v) is 6.43. The van der Waals surface area contributed by atoms with Crippen molar-refractivity contribution in [2.24, 2.45) is 0 Å². The van der Waals surface area contributed by atoms with E-state index in [0.717, 1.165) is 37.1 Å². The van der Waals surface area contributed by atoms with E-state index in [1.165, 1.54) is 12.1 Å². The molecule has 0 saturated carbocycles. The molecule has 0 aliphatic carbocycles. The van der Waals surface area contributed by atoms with E-state index in [2.05, 4.69) is 4.90 Å². The van der Waals surface area contributed by atoms with Gasteiger partial charge in [0, 0.05) is 13.1 Å². The van der Waals surface area contributed by atoms with E-state index < -0.39 is 0 Å². The average Bonchev–Trinajstić information content (AvgIpc) is 2.62. The van der Waals surface area contributed by atoms with Crippen LogP contribution in [0.15, 0.2) is 42.5 Å². The molecule has 0 spiro atoms. The van der Waals surface area contributed by atoms with Crippen LogP contribution in [0.25, 0.3) is 0 Å². The van der Waals surface area contributed by atoms with E-state index in [-0.39, 0.29) is 11.9 Å². The van der Waals surface area contributed by atoms with E-state index in [4.69, 9.17) is 9.47 Å². The van der Waals surface area contributed by atoms with Crippen LogP contribution in [-0.2, 0) is 13.2 Å². The highest BCUT2D eigenvalue weighted by molar-refractivity contribution is 5.43. The maximum Gasteiger partial charge on any atom is 0.161 e. The van der Waals surface area contributed by atoms with Gasteiger partial charge in [-0.1, -0.05) is 18.2 Å². The fraction of sp³-hybridized carbons (Fsp3) is 0.400. The van der Waals surface area contributed by atoms with Crippen LogP contribution in [0.2, 0.25) is 0 Å². The first kappa shape index (κ1) is 17.7. The minimum absolute atomic E-state index is 0.228. The number of hydrogen-bond donors (Lipinski definition) is 1. The smallest absolute Gasteiger partial charge is 0.161 e. The summed E-state index contributed by atoms with van der Waals surface area (Å²) >= 11 is 0. The molecule has 0 aromatic heterocycles. The van der Waals surface area contributed by atoms with Crippen molar-refractivity contribution in [2.75, 3.05) is 20.2 Å². The van der Waals surface area contributed by atoms with Gasteiger partial charge in [-0.3, -0.25) is 4.90 Å². The normalized spacial score (nSPS) is 18.1. The molecule has 1 fully saturated rings. The summed E-state index contributed by atoms with van der Waals surface area (Å²) in [6, 6.07) is 12.1. The van der Waals surface area contributed by atoms with Gasteiger partial charge in [0.05, 0.1) is 13.2 Å². The summed E-state index contributed by atoms with van der Waals surface area (Å²) in [6.07, 6.45) is 1.68. The average molecular weight is 345 g/mol. The number of piperidine rings is 1. The Bertz CT molecular complexity index is 690. The Kier molecular flexibility index (Phi) is 5.89. The van der Waals surface area contributed by atoms with Gasteiger partial charge in [-0.15, -0.1) is 0 Å². The second-order valence-electron chi connectivity index (χ2n) is 6.43. The summed E-state index contributed by atoms with van der Waals surface area (Å²) in [5, 5.41) is 9.79. The Morgan fingerprint density at radius 3 is 2.60 bits per heavy atom. The molecular formula is C20H24FNO3. The third-order valence-electron chi connectivity index (χ3n) is 4.42. The third kappa shape index (κ3) is 4.94. The lowest BCUT2D eigenvalue weighted by atomic mass is 10.1. The molecule has 25 heavy (non-hydrogen) atoms. The zero-order valence-corrected chi connectivity index (χ0v) is 14.5. The van der Waals surface area contributed by atoms with Crippen molar-refractivity contribution < 1.29 is 19.0 Å². The first-order valence-corrected chi connectivity index (χ1v) is 8.58. The molecule has 0 amide bonds. The van der Waals surface area contributed by atoms with Crippen LogP contribution in [0.5, 0.6) is 11.5 Å². The summed E-state index contributed by atoms with van der Waals surface area (Å²) in [6.45, 7) is 2.85. The third-order valence-corrected chi connectivity index (χ3v) is 4.42. The van der Waals surface area contributed by atoms with Gasteiger partial charge in [0.15, 0.2) is 11.5 Å². The maximum absolute atomic E-state index is 12.9. The van der Waals surface area contributed by atoms with E-state index in [1.54, 1.807) is 19.2 Å². The topological polar surface area (TPSA) is 41.9 Å². The highest BCUT2D eigenvalue weighted by Crippen LogP contribution is 2.29. The molecule has 0 bridgehead atoms. The number of halogens is 1. The van der Waals surface area contributed by atoms with Crippen LogP contribution in [-0.4, -0.2) is 36.3 Å². The van der Waals surface area contributed by atoms with Gasteiger partial charge in [0.25, 0.3) is 0 Å². The van der Waals surface area contributed by atoms with Crippen LogP contribution < -0.4 is 9.47 Å². The van der Waals surface area contributed by atoms with Crippen molar-refractivity contribution in [3.63, 3.8) is 0 Å². The quantitative estimate of drug-likeness (QED) is 0.872. The molecule has 1 unspecified atom stereocenters. The number of β-amino-alcohol motifs (C(OH)–C–C–N with tert-alkyl or cyclic N) is 1. The molecule has 2 aromatic carbocycles. The van der Waals surface area contributed by atoms with Gasteiger partial charge in [-0.2, -0.15) is 0 Å². The van der Waals surface area contributed by atoms with Crippen molar-refractivity contribution >= 4 is 0 Å². The number of methoxy groups -OCH3 is 1. The number of likely N-dealkylation sites (tertiary alicyclic amines) is 1. The molecule has 134 valence electrons. The first-order chi connectivity index (χ1) is 12.1. The Morgan fingerprint density at radius 1 is 1.12 bits per heavy atom. The fourth-order valence-electron chi connectivity index (χ4n) is 3.10. The first-order valence-electron chi connectivity index (χ1n) is 8.58. The minimum atomic E-state index is -0.256. The van der Waals surface area contributed by atoms with E-state index in [1.807, 2.05) is 18.2 Å². The zero-order valence-electron chi connectivity index (χ0n) is 14.5. The Balaban J connectivity index is 1.63. The van der Waals surface area contributed by atoms with Crippen molar-refractivity contribution in [3.8, 4) is 11.5 Å². The van der Waals surface area contributed by atoms with Gasteiger partial charge in [-0.25, -0.2) is 4.39 Å². The molecule has 4 nitrogen and oxygen atoms in total. The molecule has 3 rings (SSSR count). The van der Waals surface area contributed by atoms with Gasteiger partial charge >= 0.3 is 0 Å². The monoisotopic (exact) mass is 345 g/mol. The number of aliphatic hydroxyl groups is 1. The second kappa shape index (κ2) is 8.32. The molecule has 1 N–H and O–H groups in total. The van der Waals surface area contributed by atoms with Crippen molar-refractivity contribution in [1.82, 2.24) is 4.90 Å². The van der Waals surface area contributed by atoms with E-state index >= 15 is 0 Å². The number of hydrogen-bond acceptors (Lipinski definition) is 4. The summed E-state index contributed by atoms with van der Waals surface area (Å²) in [7, 11) is 1.62. The molecule has 1 aliphatic rings. The Morgan fingerprint density at radius 2 is 1.88 bits per heavy atom. The lowest BCUT2D eigenvalue weighted by Crippen LogP contribution is -2.37. The lowest BCUT2D eigenvalue weighted by Gasteiger charge is -2.30. The Hall–Kier alpha value is -2.11. The number of rotatable bonds is 6. The number of benzene rings is 2. The van der Waals surface area contributed by atoms with E-state index in [9.17, 15) is 9.50 Å². The zero-order chi connectivity index (χ0) is 17.6. The van der Waals surface area contributed by atoms with Crippen molar-refractivity contribution in [2.45, 2.75) is 32.1 Å². The van der Waals surface area contributed by atoms with E-state index in [0.29, 0.717) is 24.7 Å². The Labute approximate surface area is 147 Å². The van der Waals surface area contributed by atoms with Crippen molar-refractivity contribution in [1.29, 1.82) is 0 Å². The predicted octanol–water partition coefficient (Wildman–Crippen LogP) is 3.37. The van der Waals surface area contributed by atoms with Gasteiger partial charge in [0.2, 0.25) is 0 Å². The van der Waals surface area contributed by atoms with Crippen molar-refractivity contribution in [3.05, 3.63) is 59.4 Å². The molecule has 1 atom stereocenters. The van der Waals surface area contributed by atoms with Crippen LogP contribution >= 0.6 is 0 Å². The molecule has 5 heteroatoms. The number of ether oxygens (including phenoxy) is 2. The van der Waals surface area contributed by atoms with Crippen LogP contribution in [0, 0.1) is 5.82 Å². The molecule has 1 saturated heterocycles. The lowest BCUT2D eigenvalue weighted by molar-refractivity contribution is 0.0668. The SMILES string of the molecule is COc1cc(CN2CCCC(O)C2)ccc1OCc1ccc(F)cc1. The minimum Gasteiger partial charge on any atom is -0.493 e. The standard InChI is InChI=1S/C20H24FNO3/c1-24-20-11-16(12-22-10-2-3-18(23)13-22)6-9-19(20)25-14-15-4-7-17(21)8-5-15/h4-9,11,18,23H,2-3,10,12-14H2,1H3.